The fraction of sp³-hybridized carbons (Fsp3) is 0.500. The number of halogens is 3. The van der Waals surface area contributed by atoms with Crippen LogP contribution in [0.4, 0.5) is 18.3 Å². The summed E-state index contributed by atoms with van der Waals surface area (Å²) in [6, 6.07) is 2.20. The van der Waals surface area contributed by atoms with E-state index in [4.69, 9.17) is 5.73 Å². The number of thiazole rings is 1. The minimum absolute atomic E-state index is 0.0731. The van der Waals surface area contributed by atoms with Crippen molar-refractivity contribution in [3.8, 4) is 5.75 Å². The van der Waals surface area contributed by atoms with Gasteiger partial charge in [0.2, 0.25) is 0 Å². The molecule has 2 amide bonds. The van der Waals surface area contributed by atoms with Crippen molar-refractivity contribution in [2.24, 2.45) is 11.7 Å². The van der Waals surface area contributed by atoms with Crippen LogP contribution >= 0.6 is 11.3 Å². The molecule has 3 rings (SSSR count). The van der Waals surface area contributed by atoms with Crippen molar-refractivity contribution in [2.45, 2.75) is 45.1 Å². The summed E-state index contributed by atoms with van der Waals surface area (Å²) in [4.78, 5) is 31.2. The zero-order valence-electron chi connectivity index (χ0n) is 15.8. The molecule has 2 heterocycles. The number of benzene rings is 1. The van der Waals surface area contributed by atoms with Gasteiger partial charge in [-0.05, 0) is 37.4 Å². The molecule has 0 bridgehead atoms. The monoisotopic (exact) mass is 430 g/mol. The zero-order valence-corrected chi connectivity index (χ0v) is 16.6. The van der Waals surface area contributed by atoms with Crippen LogP contribution in [0.2, 0.25) is 0 Å². The molecule has 0 saturated carbocycles. The van der Waals surface area contributed by atoms with Gasteiger partial charge in [0.25, 0.3) is 11.8 Å². The van der Waals surface area contributed by atoms with Crippen molar-refractivity contribution in [1.82, 2.24) is 10.3 Å². The summed E-state index contributed by atoms with van der Waals surface area (Å²) in [5, 5.41) is 3.12. The van der Waals surface area contributed by atoms with Crippen molar-refractivity contribution >= 4 is 38.5 Å². The maximum Gasteiger partial charge on any atom is 0.573 e. The number of nitrogens with zero attached hydrogens (tertiary/aromatic N) is 2. The number of rotatable bonds is 5. The van der Waals surface area contributed by atoms with Gasteiger partial charge in [-0.3, -0.25) is 9.59 Å². The third-order valence-corrected chi connectivity index (χ3v) is 5.58. The van der Waals surface area contributed by atoms with Crippen LogP contribution in [0.3, 0.4) is 0 Å². The first-order valence-corrected chi connectivity index (χ1v) is 9.91. The highest BCUT2D eigenvalue weighted by atomic mass is 32.1. The normalized spacial score (nSPS) is 18.2. The van der Waals surface area contributed by atoms with Crippen LogP contribution in [-0.2, 0) is 9.59 Å². The van der Waals surface area contributed by atoms with Gasteiger partial charge in [0.1, 0.15) is 5.75 Å². The summed E-state index contributed by atoms with van der Waals surface area (Å²) < 4.78 is 41.7. The molecular formula is C18H21F3N4O3S. The second-order valence-corrected chi connectivity index (χ2v) is 8.11. The van der Waals surface area contributed by atoms with Crippen LogP contribution in [0.1, 0.15) is 26.7 Å². The van der Waals surface area contributed by atoms with Gasteiger partial charge in [0, 0.05) is 6.07 Å². The Morgan fingerprint density at radius 1 is 1.38 bits per heavy atom. The van der Waals surface area contributed by atoms with Gasteiger partial charge in [0.15, 0.2) is 5.13 Å². The Morgan fingerprint density at radius 3 is 2.69 bits per heavy atom. The zero-order chi connectivity index (χ0) is 21.3. The van der Waals surface area contributed by atoms with E-state index in [1.165, 1.54) is 12.1 Å². The van der Waals surface area contributed by atoms with Gasteiger partial charge in [-0.2, -0.15) is 0 Å². The van der Waals surface area contributed by atoms with E-state index < -0.39 is 36.0 Å². The number of amides is 2. The second-order valence-electron chi connectivity index (χ2n) is 7.10. The number of carbonyl (C=O) groups is 2. The summed E-state index contributed by atoms with van der Waals surface area (Å²) in [7, 11) is 0. The molecule has 0 aliphatic carbocycles. The van der Waals surface area contributed by atoms with Crippen LogP contribution in [-0.4, -0.2) is 41.8 Å². The predicted octanol–water partition coefficient (Wildman–Crippen LogP) is 2.79. The van der Waals surface area contributed by atoms with Gasteiger partial charge < -0.3 is 15.8 Å². The van der Waals surface area contributed by atoms with Crippen LogP contribution in [0.25, 0.3) is 10.2 Å². The molecule has 1 aromatic heterocycles. The number of nitrogens with one attached hydrogen (secondary N) is 1. The van der Waals surface area contributed by atoms with Crippen LogP contribution < -0.4 is 20.7 Å². The largest absolute Gasteiger partial charge is 0.573 e. The fourth-order valence-electron chi connectivity index (χ4n) is 2.97. The van der Waals surface area contributed by atoms with E-state index in [9.17, 15) is 22.8 Å². The Kier molecular flexibility index (Phi) is 6.11. The number of aromatic nitrogens is 1. The number of alkyl halides is 3. The summed E-state index contributed by atoms with van der Waals surface area (Å²) in [5.41, 5.74) is 6.34. The van der Waals surface area contributed by atoms with E-state index in [-0.39, 0.29) is 11.0 Å². The van der Waals surface area contributed by atoms with Crippen molar-refractivity contribution in [2.75, 3.05) is 11.4 Å². The molecular weight excluding hydrogens is 409 g/mol. The summed E-state index contributed by atoms with van der Waals surface area (Å²) in [6.07, 6.45) is -3.45. The Bertz CT molecular complexity index is 895. The highest BCUT2D eigenvalue weighted by Gasteiger charge is 2.37. The van der Waals surface area contributed by atoms with Gasteiger partial charge in [0.05, 0.1) is 22.3 Å². The topological polar surface area (TPSA) is 97.6 Å². The summed E-state index contributed by atoms with van der Waals surface area (Å²) in [5.74, 6) is -1.67. The van der Waals surface area contributed by atoms with Gasteiger partial charge in [-0.15, -0.1) is 13.2 Å². The van der Waals surface area contributed by atoms with E-state index in [2.05, 4.69) is 15.0 Å². The van der Waals surface area contributed by atoms with Gasteiger partial charge in [-0.1, -0.05) is 25.2 Å². The predicted molar refractivity (Wildman–Crippen MR) is 103 cm³/mol. The minimum Gasteiger partial charge on any atom is -0.406 e. The maximum atomic E-state index is 13.0. The maximum absolute atomic E-state index is 13.0. The molecule has 3 N–H and O–H groups in total. The average Bonchev–Trinajstić information content (AvgIpc) is 3.28. The first kappa shape index (κ1) is 21.5. The van der Waals surface area contributed by atoms with Gasteiger partial charge >= 0.3 is 6.36 Å². The molecule has 1 aliphatic heterocycles. The lowest BCUT2D eigenvalue weighted by molar-refractivity contribution is -0.274. The molecule has 11 heteroatoms. The molecule has 29 heavy (non-hydrogen) atoms. The van der Waals surface area contributed by atoms with Crippen molar-refractivity contribution in [3.63, 3.8) is 0 Å². The number of carbonyl (C=O) groups excluding carboxylic acids is 2. The smallest absolute Gasteiger partial charge is 0.406 e. The standard InChI is InChI=1S/C18H21F3N4O3S/c1-9(2)14(22)16(27)25(15(26)12-4-3-7-23-12)17-24-11-6-5-10(8-13(11)29-17)28-18(19,20)21/h5-6,8-9,12,14,23H,3-4,7,22H2,1-2H3/t12?,14-/m0/s1. The van der Waals surface area contributed by atoms with Crippen molar-refractivity contribution in [3.05, 3.63) is 18.2 Å². The van der Waals surface area contributed by atoms with E-state index in [0.29, 0.717) is 23.2 Å². The van der Waals surface area contributed by atoms with Crippen LogP contribution in [0, 0.1) is 5.92 Å². The Labute approximate surface area is 169 Å². The Morgan fingerprint density at radius 2 is 2.10 bits per heavy atom. The quantitative estimate of drug-likeness (QED) is 0.757. The Hall–Kier alpha value is -2.24. The van der Waals surface area contributed by atoms with E-state index in [1.54, 1.807) is 13.8 Å². The number of fused-ring (bicyclic) bond motifs is 1. The minimum atomic E-state index is -4.82. The summed E-state index contributed by atoms with van der Waals surface area (Å²) in [6.45, 7) is 4.18. The molecule has 1 aliphatic rings. The van der Waals surface area contributed by atoms with E-state index >= 15 is 0 Å². The van der Waals surface area contributed by atoms with E-state index in [0.717, 1.165) is 28.7 Å². The second kappa shape index (κ2) is 8.25. The number of hydrogen-bond donors (Lipinski definition) is 2. The first-order valence-electron chi connectivity index (χ1n) is 9.10. The average molecular weight is 430 g/mol. The van der Waals surface area contributed by atoms with Crippen LogP contribution in [0.5, 0.6) is 5.75 Å². The first-order chi connectivity index (χ1) is 13.6. The molecule has 2 aromatic rings. The lowest BCUT2D eigenvalue weighted by Crippen LogP contribution is -2.53. The number of imide groups is 1. The number of nitrogens with two attached hydrogens (primary N) is 1. The number of ether oxygens (including phenoxy) is 1. The molecule has 1 aromatic carbocycles. The fourth-order valence-corrected chi connectivity index (χ4v) is 3.97. The molecule has 1 fully saturated rings. The van der Waals surface area contributed by atoms with E-state index in [1.807, 2.05) is 0 Å². The molecule has 158 valence electrons. The van der Waals surface area contributed by atoms with Crippen LogP contribution in [0.15, 0.2) is 18.2 Å². The SMILES string of the molecule is CC(C)[C@H](N)C(=O)N(C(=O)C1CCCN1)c1nc2ccc(OC(F)(F)F)cc2s1. The lowest BCUT2D eigenvalue weighted by atomic mass is 10.0. The Balaban J connectivity index is 1.98. The molecule has 0 radical (unpaired) electrons. The van der Waals surface area contributed by atoms with Gasteiger partial charge in [-0.25, -0.2) is 9.88 Å². The van der Waals surface area contributed by atoms with Crippen molar-refractivity contribution in [1.29, 1.82) is 0 Å². The lowest BCUT2D eigenvalue weighted by Gasteiger charge is -2.25. The van der Waals surface area contributed by atoms with Crippen molar-refractivity contribution < 1.29 is 27.5 Å². The molecule has 0 spiro atoms. The highest BCUT2D eigenvalue weighted by molar-refractivity contribution is 7.22. The number of anilines is 1. The third kappa shape index (κ3) is 4.85. The molecule has 2 atom stereocenters. The molecule has 7 nitrogen and oxygen atoms in total. The number of hydrogen-bond acceptors (Lipinski definition) is 7. The summed E-state index contributed by atoms with van der Waals surface area (Å²) >= 11 is 0.933. The molecule has 1 unspecified atom stereocenters. The highest BCUT2D eigenvalue weighted by Crippen LogP contribution is 2.34. The molecule has 1 saturated heterocycles. The third-order valence-electron chi connectivity index (χ3n) is 4.58.